The van der Waals surface area contributed by atoms with Crippen LogP contribution in [0.1, 0.15) is 78.6 Å². The molecule has 88 valence electrons. The predicted octanol–water partition coefficient (Wildman–Crippen LogP) is 5.34. The van der Waals surface area contributed by atoms with Gasteiger partial charge in [-0.3, -0.25) is 0 Å². The summed E-state index contributed by atoms with van der Waals surface area (Å²) in [5.41, 5.74) is 0. The quantitative estimate of drug-likeness (QED) is 0.502. The fraction of sp³-hybridized carbons (Fsp3) is 1.00. The molecule has 0 amide bonds. The molecule has 0 saturated carbocycles. The van der Waals surface area contributed by atoms with Crippen molar-refractivity contribution in [3.05, 3.63) is 0 Å². The van der Waals surface area contributed by atoms with Crippen LogP contribution in [0.15, 0.2) is 0 Å². The molecule has 0 fully saturated rings. The van der Waals surface area contributed by atoms with Crippen molar-refractivity contribution in [2.45, 2.75) is 78.6 Å². The van der Waals surface area contributed by atoms with Crippen molar-refractivity contribution < 1.29 is 0 Å². The maximum absolute atomic E-state index is 2.35. The van der Waals surface area contributed by atoms with E-state index >= 15 is 0 Å². The van der Waals surface area contributed by atoms with Crippen LogP contribution in [0.4, 0.5) is 0 Å². The van der Waals surface area contributed by atoms with E-state index in [-0.39, 0.29) is 6.15 Å². The maximum Gasteiger partial charge on any atom is -0.0417 e. The van der Waals surface area contributed by atoms with Crippen LogP contribution in [0.5, 0.6) is 0 Å². The van der Waals surface area contributed by atoms with Gasteiger partial charge < -0.3 is 6.15 Å². The van der Waals surface area contributed by atoms with Gasteiger partial charge in [0, 0.05) is 0 Å². The molecule has 1 nitrogen and oxygen atoms in total. The monoisotopic (exact) mass is 201 g/mol. The van der Waals surface area contributed by atoms with Crippen LogP contribution < -0.4 is 6.15 Å². The highest BCUT2D eigenvalue weighted by atomic mass is 14.1. The van der Waals surface area contributed by atoms with Gasteiger partial charge in [-0.05, 0) is 5.92 Å². The third-order valence-corrected chi connectivity index (χ3v) is 3.01. The number of hydrogen-bond donors (Lipinski definition) is 1. The van der Waals surface area contributed by atoms with Crippen LogP contribution in [0.25, 0.3) is 0 Å². The summed E-state index contributed by atoms with van der Waals surface area (Å²) in [6.07, 6.45) is 12.9. The molecule has 0 aromatic rings. The topological polar surface area (TPSA) is 35.0 Å². The van der Waals surface area contributed by atoms with E-state index in [9.17, 15) is 0 Å². The number of rotatable bonds is 9. The minimum atomic E-state index is 0. The smallest absolute Gasteiger partial charge is 0.0417 e. The standard InChI is InChI=1S/C13H28.H3N/c1-4-7-9-10-12-13(6-3)11-8-5-2;/h13H,4-12H2,1-3H3;1H3. The van der Waals surface area contributed by atoms with Crippen LogP contribution >= 0.6 is 0 Å². The third-order valence-electron chi connectivity index (χ3n) is 3.01. The summed E-state index contributed by atoms with van der Waals surface area (Å²) in [7, 11) is 0. The Labute approximate surface area is 91.3 Å². The zero-order valence-corrected chi connectivity index (χ0v) is 10.6. The zero-order chi connectivity index (χ0) is 9.94. The maximum atomic E-state index is 2.35. The zero-order valence-electron chi connectivity index (χ0n) is 10.6. The Bertz CT molecular complexity index is 91.2. The summed E-state index contributed by atoms with van der Waals surface area (Å²) >= 11 is 0. The molecule has 0 bridgehead atoms. The largest absolute Gasteiger partial charge is 0.344 e. The van der Waals surface area contributed by atoms with Gasteiger partial charge in [0.2, 0.25) is 0 Å². The van der Waals surface area contributed by atoms with Crippen LogP contribution in [-0.2, 0) is 0 Å². The molecule has 0 aliphatic heterocycles. The first-order valence-corrected chi connectivity index (χ1v) is 6.35. The second-order valence-corrected chi connectivity index (χ2v) is 4.27. The molecule has 0 saturated heterocycles. The lowest BCUT2D eigenvalue weighted by molar-refractivity contribution is 0.401. The van der Waals surface area contributed by atoms with E-state index in [1.165, 1.54) is 57.8 Å². The highest BCUT2D eigenvalue weighted by Gasteiger charge is 2.04. The van der Waals surface area contributed by atoms with E-state index < -0.39 is 0 Å². The molecule has 0 heterocycles. The molecule has 3 N–H and O–H groups in total. The molecule has 0 spiro atoms. The van der Waals surface area contributed by atoms with Gasteiger partial charge in [0.25, 0.3) is 0 Å². The molecular formula is C13H31N. The molecular weight excluding hydrogens is 170 g/mol. The molecule has 0 aliphatic rings. The fourth-order valence-electron chi connectivity index (χ4n) is 1.91. The number of hydrogen-bond acceptors (Lipinski definition) is 1. The van der Waals surface area contributed by atoms with E-state index in [0.29, 0.717) is 0 Å². The minimum absolute atomic E-state index is 0. The average Bonchev–Trinajstić information content (AvgIpc) is 2.17. The highest BCUT2D eigenvalue weighted by molar-refractivity contribution is 4.57. The first-order valence-electron chi connectivity index (χ1n) is 6.35. The van der Waals surface area contributed by atoms with E-state index in [1.807, 2.05) is 0 Å². The SMILES string of the molecule is CCCCCCC(CC)CCCC.N. The Balaban J connectivity index is 0. The minimum Gasteiger partial charge on any atom is -0.344 e. The van der Waals surface area contributed by atoms with Gasteiger partial charge in [-0.2, -0.15) is 0 Å². The van der Waals surface area contributed by atoms with Crippen molar-refractivity contribution in [3.63, 3.8) is 0 Å². The fourth-order valence-corrected chi connectivity index (χ4v) is 1.91. The van der Waals surface area contributed by atoms with E-state index in [0.717, 1.165) is 5.92 Å². The average molecular weight is 201 g/mol. The highest BCUT2D eigenvalue weighted by Crippen LogP contribution is 2.19. The Morgan fingerprint density at radius 2 is 1.29 bits per heavy atom. The molecule has 0 aliphatic carbocycles. The summed E-state index contributed by atoms with van der Waals surface area (Å²) in [5.74, 6) is 1.02. The van der Waals surface area contributed by atoms with Gasteiger partial charge in [-0.1, -0.05) is 78.6 Å². The summed E-state index contributed by atoms with van der Waals surface area (Å²) in [4.78, 5) is 0. The Kier molecular flexibility index (Phi) is 15.2. The summed E-state index contributed by atoms with van der Waals surface area (Å²) < 4.78 is 0. The second kappa shape index (κ2) is 13.0. The van der Waals surface area contributed by atoms with Gasteiger partial charge in [-0.15, -0.1) is 0 Å². The Hall–Kier alpha value is -0.0400. The molecule has 1 unspecified atom stereocenters. The Morgan fingerprint density at radius 1 is 0.714 bits per heavy atom. The van der Waals surface area contributed by atoms with Crippen molar-refractivity contribution in [1.82, 2.24) is 6.15 Å². The molecule has 1 atom stereocenters. The summed E-state index contributed by atoms with van der Waals surface area (Å²) in [6, 6.07) is 0. The van der Waals surface area contributed by atoms with E-state index in [4.69, 9.17) is 0 Å². The molecule has 0 radical (unpaired) electrons. The van der Waals surface area contributed by atoms with Crippen LogP contribution in [-0.4, -0.2) is 0 Å². The first-order chi connectivity index (χ1) is 6.35. The summed E-state index contributed by atoms with van der Waals surface area (Å²) in [5, 5.41) is 0. The van der Waals surface area contributed by atoms with Gasteiger partial charge in [0.1, 0.15) is 0 Å². The van der Waals surface area contributed by atoms with Crippen LogP contribution in [0.3, 0.4) is 0 Å². The normalized spacial score (nSPS) is 12.2. The lowest BCUT2D eigenvalue weighted by Gasteiger charge is -2.13. The van der Waals surface area contributed by atoms with Crippen LogP contribution in [0.2, 0.25) is 0 Å². The van der Waals surface area contributed by atoms with Crippen molar-refractivity contribution in [2.24, 2.45) is 5.92 Å². The lowest BCUT2D eigenvalue weighted by Crippen LogP contribution is -1.98. The lowest BCUT2D eigenvalue weighted by atomic mass is 9.93. The van der Waals surface area contributed by atoms with Gasteiger partial charge in [0.15, 0.2) is 0 Å². The van der Waals surface area contributed by atoms with Crippen molar-refractivity contribution in [2.75, 3.05) is 0 Å². The van der Waals surface area contributed by atoms with Crippen LogP contribution in [0, 0.1) is 5.92 Å². The number of unbranched alkanes of at least 4 members (excludes halogenated alkanes) is 4. The third kappa shape index (κ3) is 10.0. The molecule has 1 heteroatoms. The van der Waals surface area contributed by atoms with E-state index in [1.54, 1.807) is 0 Å². The first kappa shape index (κ1) is 16.4. The predicted molar refractivity (Wildman–Crippen MR) is 67.1 cm³/mol. The molecule has 0 aromatic carbocycles. The molecule has 0 aromatic heterocycles. The van der Waals surface area contributed by atoms with E-state index in [2.05, 4.69) is 20.8 Å². The van der Waals surface area contributed by atoms with Crippen molar-refractivity contribution in [3.8, 4) is 0 Å². The molecule has 0 rings (SSSR count). The van der Waals surface area contributed by atoms with Gasteiger partial charge in [0.05, 0.1) is 0 Å². The Morgan fingerprint density at radius 3 is 1.79 bits per heavy atom. The second-order valence-electron chi connectivity index (χ2n) is 4.27. The molecule has 14 heavy (non-hydrogen) atoms. The summed E-state index contributed by atoms with van der Waals surface area (Å²) in [6.45, 7) is 6.93. The van der Waals surface area contributed by atoms with Gasteiger partial charge in [-0.25, -0.2) is 0 Å². The van der Waals surface area contributed by atoms with Crippen molar-refractivity contribution in [1.29, 1.82) is 0 Å². The van der Waals surface area contributed by atoms with Crippen molar-refractivity contribution >= 4 is 0 Å². The van der Waals surface area contributed by atoms with Gasteiger partial charge >= 0.3 is 0 Å².